The molecule has 1 unspecified atom stereocenters. The quantitative estimate of drug-likeness (QED) is 0.867. The van der Waals surface area contributed by atoms with Gasteiger partial charge in [-0.15, -0.1) is 0 Å². The summed E-state index contributed by atoms with van der Waals surface area (Å²) in [4.78, 5) is 0. The molecule has 0 aliphatic carbocycles. The highest BCUT2D eigenvalue weighted by molar-refractivity contribution is 6.32. The fourth-order valence-corrected chi connectivity index (χ4v) is 2.28. The summed E-state index contributed by atoms with van der Waals surface area (Å²) < 4.78 is 10.4. The van der Waals surface area contributed by atoms with Gasteiger partial charge in [-0.05, 0) is 36.7 Å². The Balaban J connectivity index is 2.30. The number of furan rings is 1. The predicted octanol–water partition coefficient (Wildman–Crippen LogP) is 4.03. The van der Waals surface area contributed by atoms with Gasteiger partial charge in [0.15, 0.2) is 0 Å². The van der Waals surface area contributed by atoms with Gasteiger partial charge in [-0.2, -0.15) is 0 Å². The molecule has 2 aromatic rings. The normalized spacial score (nSPS) is 12.4. The van der Waals surface area contributed by atoms with Crippen LogP contribution in [0, 0.1) is 0 Å². The Bertz CT molecular complexity index is 511. The van der Waals surface area contributed by atoms with Crippen LogP contribution in [-0.2, 0) is 0 Å². The van der Waals surface area contributed by atoms with Crippen LogP contribution in [-0.4, -0.2) is 13.7 Å². The van der Waals surface area contributed by atoms with Crippen molar-refractivity contribution in [2.75, 3.05) is 13.7 Å². The predicted molar refractivity (Wildman–Crippen MR) is 76.8 cm³/mol. The van der Waals surface area contributed by atoms with Crippen LogP contribution in [0.25, 0.3) is 0 Å². The summed E-state index contributed by atoms with van der Waals surface area (Å²) in [6.07, 6.45) is 4.50. The number of methoxy groups -OCH3 is 1. The number of ether oxygens (including phenoxy) is 1. The van der Waals surface area contributed by atoms with Crippen LogP contribution in [0.1, 0.15) is 30.5 Å². The second kappa shape index (κ2) is 6.64. The van der Waals surface area contributed by atoms with Crippen molar-refractivity contribution in [3.63, 3.8) is 0 Å². The first-order chi connectivity index (χ1) is 9.26. The highest BCUT2D eigenvalue weighted by atomic mass is 35.5. The van der Waals surface area contributed by atoms with Crippen LogP contribution >= 0.6 is 11.6 Å². The van der Waals surface area contributed by atoms with E-state index in [1.165, 1.54) is 0 Å². The van der Waals surface area contributed by atoms with E-state index in [0.29, 0.717) is 10.8 Å². The molecule has 0 aliphatic heterocycles. The molecule has 1 aromatic heterocycles. The van der Waals surface area contributed by atoms with E-state index in [1.807, 2.05) is 24.3 Å². The minimum atomic E-state index is 0.0853. The van der Waals surface area contributed by atoms with Gasteiger partial charge < -0.3 is 14.5 Å². The first-order valence-corrected chi connectivity index (χ1v) is 6.73. The molecular weight excluding hydrogens is 262 g/mol. The van der Waals surface area contributed by atoms with Crippen molar-refractivity contribution in [2.45, 2.75) is 19.4 Å². The maximum atomic E-state index is 6.19. The van der Waals surface area contributed by atoms with Gasteiger partial charge in [-0.25, -0.2) is 0 Å². The summed E-state index contributed by atoms with van der Waals surface area (Å²) in [6, 6.07) is 7.89. The van der Waals surface area contributed by atoms with E-state index in [0.717, 1.165) is 24.1 Å². The van der Waals surface area contributed by atoms with Crippen LogP contribution in [0.15, 0.2) is 41.2 Å². The lowest BCUT2D eigenvalue weighted by Crippen LogP contribution is -2.22. The summed E-state index contributed by atoms with van der Waals surface area (Å²) in [6.45, 7) is 3.07. The Hall–Kier alpha value is -1.45. The topological polar surface area (TPSA) is 34.4 Å². The Morgan fingerprint density at radius 2 is 2.16 bits per heavy atom. The van der Waals surface area contributed by atoms with Gasteiger partial charge >= 0.3 is 0 Å². The number of rotatable bonds is 6. The maximum absolute atomic E-state index is 6.19. The van der Waals surface area contributed by atoms with Gasteiger partial charge in [-0.1, -0.05) is 24.6 Å². The van der Waals surface area contributed by atoms with Gasteiger partial charge in [0, 0.05) is 5.56 Å². The molecule has 0 amide bonds. The van der Waals surface area contributed by atoms with Crippen molar-refractivity contribution in [1.82, 2.24) is 5.32 Å². The molecule has 3 nitrogen and oxygen atoms in total. The van der Waals surface area contributed by atoms with Gasteiger partial charge in [0.05, 0.1) is 30.7 Å². The van der Waals surface area contributed by atoms with Gasteiger partial charge in [0.1, 0.15) is 5.75 Å². The summed E-state index contributed by atoms with van der Waals surface area (Å²) in [7, 11) is 1.61. The molecule has 19 heavy (non-hydrogen) atoms. The molecule has 1 N–H and O–H groups in total. The zero-order valence-electron chi connectivity index (χ0n) is 11.2. The van der Waals surface area contributed by atoms with Crippen LogP contribution < -0.4 is 10.1 Å². The molecule has 0 spiro atoms. The minimum absolute atomic E-state index is 0.0853. The van der Waals surface area contributed by atoms with Crippen LogP contribution in [0.2, 0.25) is 5.02 Å². The number of nitrogens with one attached hydrogen (secondary N) is 1. The van der Waals surface area contributed by atoms with Gasteiger partial charge in [0.2, 0.25) is 0 Å². The Labute approximate surface area is 118 Å². The number of hydrogen-bond donors (Lipinski definition) is 1. The number of halogens is 1. The molecule has 0 aliphatic rings. The highest BCUT2D eigenvalue weighted by Gasteiger charge is 2.15. The molecule has 1 heterocycles. The van der Waals surface area contributed by atoms with E-state index < -0.39 is 0 Å². The second-order valence-electron chi connectivity index (χ2n) is 4.34. The zero-order valence-corrected chi connectivity index (χ0v) is 11.9. The van der Waals surface area contributed by atoms with E-state index in [1.54, 1.807) is 19.6 Å². The van der Waals surface area contributed by atoms with E-state index in [2.05, 4.69) is 12.2 Å². The Kier molecular flexibility index (Phi) is 4.88. The van der Waals surface area contributed by atoms with Crippen molar-refractivity contribution in [3.05, 3.63) is 52.9 Å². The smallest absolute Gasteiger partial charge is 0.137 e. The minimum Gasteiger partial charge on any atom is -0.495 e. The molecule has 2 rings (SSSR count). The molecule has 0 bridgehead atoms. The molecule has 1 aromatic carbocycles. The fraction of sp³-hybridized carbons (Fsp3) is 0.333. The van der Waals surface area contributed by atoms with E-state index in [9.17, 15) is 0 Å². The first-order valence-electron chi connectivity index (χ1n) is 6.35. The van der Waals surface area contributed by atoms with Crippen molar-refractivity contribution in [2.24, 2.45) is 0 Å². The van der Waals surface area contributed by atoms with Crippen LogP contribution in [0.4, 0.5) is 0 Å². The molecule has 0 saturated heterocycles. The summed E-state index contributed by atoms with van der Waals surface area (Å²) in [5.74, 6) is 0.687. The molecule has 4 heteroatoms. The van der Waals surface area contributed by atoms with E-state index >= 15 is 0 Å². The maximum Gasteiger partial charge on any atom is 0.137 e. The largest absolute Gasteiger partial charge is 0.495 e. The summed E-state index contributed by atoms with van der Waals surface area (Å²) in [5.41, 5.74) is 2.19. The Morgan fingerprint density at radius 3 is 2.74 bits per heavy atom. The molecule has 102 valence electrons. The standard InChI is InChI=1S/C15H18ClNO2/c1-3-7-17-15(12-6-8-19-10-12)11-4-5-14(18-2)13(16)9-11/h4-6,8-10,15,17H,3,7H2,1-2H3. The van der Waals surface area contributed by atoms with Crippen LogP contribution in [0.3, 0.4) is 0 Å². The first kappa shape index (κ1) is 14.0. The van der Waals surface area contributed by atoms with E-state index in [4.69, 9.17) is 20.8 Å². The number of benzene rings is 1. The molecule has 0 fully saturated rings. The van der Waals surface area contributed by atoms with Crippen molar-refractivity contribution < 1.29 is 9.15 Å². The van der Waals surface area contributed by atoms with Gasteiger partial charge in [0.25, 0.3) is 0 Å². The SMILES string of the molecule is CCCNC(c1ccoc1)c1ccc(OC)c(Cl)c1. The third-order valence-electron chi connectivity index (χ3n) is 2.98. The van der Waals surface area contributed by atoms with Crippen molar-refractivity contribution >= 4 is 11.6 Å². The third kappa shape index (κ3) is 3.31. The lowest BCUT2D eigenvalue weighted by molar-refractivity contribution is 0.414. The van der Waals surface area contributed by atoms with E-state index in [-0.39, 0.29) is 6.04 Å². The highest BCUT2D eigenvalue weighted by Crippen LogP contribution is 2.30. The average molecular weight is 280 g/mol. The second-order valence-corrected chi connectivity index (χ2v) is 4.75. The lowest BCUT2D eigenvalue weighted by Gasteiger charge is -2.18. The van der Waals surface area contributed by atoms with Crippen LogP contribution in [0.5, 0.6) is 5.75 Å². The molecular formula is C15H18ClNO2. The monoisotopic (exact) mass is 279 g/mol. The summed E-state index contributed by atoms with van der Waals surface area (Å²) >= 11 is 6.19. The molecule has 0 radical (unpaired) electrons. The molecule has 0 saturated carbocycles. The fourth-order valence-electron chi connectivity index (χ4n) is 2.02. The van der Waals surface area contributed by atoms with Gasteiger partial charge in [-0.3, -0.25) is 0 Å². The van der Waals surface area contributed by atoms with Crippen molar-refractivity contribution in [3.8, 4) is 5.75 Å². The average Bonchev–Trinajstić information content (AvgIpc) is 2.93. The Morgan fingerprint density at radius 1 is 1.32 bits per heavy atom. The third-order valence-corrected chi connectivity index (χ3v) is 3.28. The molecule has 1 atom stereocenters. The van der Waals surface area contributed by atoms with Crippen molar-refractivity contribution in [1.29, 1.82) is 0 Å². The zero-order chi connectivity index (χ0) is 13.7. The summed E-state index contributed by atoms with van der Waals surface area (Å²) in [5, 5.41) is 4.11. The number of hydrogen-bond acceptors (Lipinski definition) is 3. The lowest BCUT2D eigenvalue weighted by atomic mass is 10.0.